The van der Waals surface area contributed by atoms with E-state index in [1.54, 1.807) is 12.1 Å². The van der Waals surface area contributed by atoms with Crippen molar-refractivity contribution in [3.8, 4) is 11.1 Å². The molecular formula is C11H8FNO2S. The number of carbonyl (C=O) groups is 1. The topological polar surface area (TPSA) is 49.3 Å². The van der Waals surface area contributed by atoms with Gasteiger partial charge in [-0.05, 0) is 28.5 Å². The molecule has 2 aromatic rings. The average Bonchev–Trinajstić information content (AvgIpc) is 2.73. The zero-order valence-corrected chi connectivity index (χ0v) is 8.92. The van der Waals surface area contributed by atoms with Gasteiger partial charge in [0.15, 0.2) is 0 Å². The Morgan fingerprint density at radius 1 is 1.38 bits per heavy atom. The molecule has 0 aliphatic rings. The Hall–Kier alpha value is -1.88. The zero-order chi connectivity index (χ0) is 11.5. The molecule has 82 valence electrons. The van der Waals surface area contributed by atoms with Crippen LogP contribution in [0.25, 0.3) is 11.1 Å². The lowest BCUT2D eigenvalue weighted by molar-refractivity contribution is 0.209. The summed E-state index contributed by atoms with van der Waals surface area (Å²) in [6.45, 7) is 0. The quantitative estimate of drug-likeness (QED) is 0.837. The molecule has 0 spiro atoms. The number of halogens is 1. The molecule has 0 atom stereocenters. The molecule has 5 heteroatoms. The molecule has 0 saturated heterocycles. The van der Waals surface area contributed by atoms with Gasteiger partial charge in [-0.1, -0.05) is 12.1 Å². The minimum atomic E-state index is -1.28. The van der Waals surface area contributed by atoms with Crippen molar-refractivity contribution < 1.29 is 14.3 Å². The number of hydrogen-bond donors (Lipinski definition) is 2. The molecule has 1 heterocycles. The number of para-hydroxylation sites is 1. The van der Waals surface area contributed by atoms with Crippen molar-refractivity contribution in [3.63, 3.8) is 0 Å². The van der Waals surface area contributed by atoms with Gasteiger partial charge in [0.1, 0.15) is 5.82 Å². The molecule has 1 amide bonds. The number of thiophene rings is 1. The standard InChI is InChI=1S/C11H8FNO2S/c12-9-3-1-2-8(7-4-5-16-6-7)10(9)13-11(14)15/h1-6,13H,(H,14,15). The molecule has 0 bridgehead atoms. The number of anilines is 1. The second-order valence-electron chi connectivity index (χ2n) is 3.10. The Labute approximate surface area is 95.2 Å². The Morgan fingerprint density at radius 3 is 2.81 bits per heavy atom. The smallest absolute Gasteiger partial charge is 0.409 e. The second kappa shape index (κ2) is 4.32. The normalized spacial score (nSPS) is 10.1. The van der Waals surface area contributed by atoms with E-state index in [0.717, 1.165) is 5.56 Å². The molecule has 0 aliphatic carbocycles. The summed E-state index contributed by atoms with van der Waals surface area (Å²) in [5.74, 6) is -0.578. The van der Waals surface area contributed by atoms with Crippen LogP contribution in [0.15, 0.2) is 35.0 Å². The maximum Gasteiger partial charge on any atom is 0.409 e. The maximum atomic E-state index is 13.5. The van der Waals surface area contributed by atoms with Gasteiger partial charge in [0.05, 0.1) is 5.69 Å². The predicted molar refractivity (Wildman–Crippen MR) is 61.4 cm³/mol. The van der Waals surface area contributed by atoms with E-state index in [1.165, 1.54) is 17.4 Å². The molecule has 0 radical (unpaired) electrons. The molecular weight excluding hydrogens is 229 g/mol. The van der Waals surface area contributed by atoms with Gasteiger partial charge < -0.3 is 5.11 Å². The van der Waals surface area contributed by atoms with Crippen molar-refractivity contribution in [3.05, 3.63) is 40.8 Å². The van der Waals surface area contributed by atoms with E-state index in [1.807, 2.05) is 16.8 Å². The molecule has 2 rings (SSSR count). The third-order valence-corrected chi connectivity index (χ3v) is 2.76. The summed E-state index contributed by atoms with van der Waals surface area (Å²) in [5, 5.41) is 14.4. The highest BCUT2D eigenvalue weighted by atomic mass is 32.1. The van der Waals surface area contributed by atoms with Crippen LogP contribution < -0.4 is 5.32 Å². The maximum absolute atomic E-state index is 13.5. The first-order chi connectivity index (χ1) is 7.68. The van der Waals surface area contributed by atoms with Gasteiger partial charge in [-0.2, -0.15) is 11.3 Å². The Bertz CT molecular complexity index is 511. The molecule has 2 N–H and O–H groups in total. The summed E-state index contributed by atoms with van der Waals surface area (Å²) in [5.41, 5.74) is 1.34. The molecule has 0 fully saturated rings. The zero-order valence-electron chi connectivity index (χ0n) is 8.11. The van der Waals surface area contributed by atoms with E-state index in [9.17, 15) is 9.18 Å². The minimum Gasteiger partial charge on any atom is -0.465 e. The lowest BCUT2D eigenvalue weighted by atomic mass is 10.1. The predicted octanol–water partition coefficient (Wildman–Crippen LogP) is 3.64. The summed E-state index contributed by atoms with van der Waals surface area (Å²) in [4.78, 5) is 10.6. The molecule has 16 heavy (non-hydrogen) atoms. The summed E-state index contributed by atoms with van der Waals surface area (Å²) < 4.78 is 13.5. The molecule has 0 unspecified atom stereocenters. The first-order valence-electron chi connectivity index (χ1n) is 4.49. The van der Waals surface area contributed by atoms with E-state index >= 15 is 0 Å². The van der Waals surface area contributed by atoms with Crippen LogP contribution in [-0.2, 0) is 0 Å². The summed E-state index contributed by atoms with van der Waals surface area (Å²) >= 11 is 1.47. The summed E-state index contributed by atoms with van der Waals surface area (Å²) in [6.07, 6.45) is -1.28. The third kappa shape index (κ3) is 2.04. The Morgan fingerprint density at radius 2 is 2.19 bits per heavy atom. The number of amides is 1. The SMILES string of the molecule is O=C(O)Nc1c(F)cccc1-c1ccsc1. The summed E-state index contributed by atoms with van der Waals surface area (Å²) in [6, 6.07) is 6.26. The van der Waals surface area contributed by atoms with Gasteiger partial charge in [0.25, 0.3) is 0 Å². The van der Waals surface area contributed by atoms with Gasteiger partial charge in [-0.3, -0.25) is 5.32 Å². The number of hydrogen-bond acceptors (Lipinski definition) is 2. The van der Waals surface area contributed by atoms with E-state index < -0.39 is 11.9 Å². The highest BCUT2D eigenvalue weighted by molar-refractivity contribution is 7.08. The van der Waals surface area contributed by atoms with Crippen molar-refractivity contribution in [2.24, 2.45) is 0 Å². The van der Waals surface area contributed by atoms with Crippen LogP contribution in [0.2, 0.25) is 0 Å². The number of rotatable bonds is 2. The van der Waals surface area contributed by atoms with Gasteiger partial charge >= 0.3 is 6.09 Å². The van der Waals surface area contributed by atoms with Gasteiger partial charge in [-0.15, -0.1) is 0 Å². The minimum absolute atomic E-state index is 0.00611. The molecule has 3 nitrogen and oxygen atoms in total. The van der Waals surface area contributed by atoms with Crippen LogP contribution in [0.3, 0.4) is 0 Å². The van der Waals surface area contributed by atoms with Crippen LogP contribution in [-0.4, -0.2) is 11.2 Å². The Kier molecular flexibility index (Phi) is 2.87. The largest absolute Gasteiger partial charge is 0.465 e. The average molecular weight is 237 g/mol. The first-order valence-corrected chi connectivity index (χ1v) is 5.44. The van der Waals surface area contributed by atoms with Crippen molar-refractivity contribution in [1.82, 2.24) is 0 Å². The van der Waals surface area contributed by atoms with Crippen LogP contribution in [0.1, 0.15) is 0 Å². The van der Waals surface area contributed by atoms with Crippen molar-refractivity contribution >= 4 is 23.1 Å². The van der Waals surface area contributed by atoms with E-state index in [-0.39, 0.29) is 5.69 Å². The number of nitrogens with one attached hydrogen (secondary N) is 1. The van der Waals surface area contributed by atoms with Crippen LogP contribution in [0, 0.1) is 5.82 Å². The number of benzene rings is 1. The fourth-order valence-corrected chi connectivity index (χ4v) is 2.07. The molecule has 0 aliphatic heterocycles. The van der Waals surface area contributed by atoms with Crippen LogP contribution in [0.4, 0.5) is 14.9 Å². The lowest BCUT2D eigenvalue weighted by Crippen LogP contribution is -2.09. The van der Waals surface area contributed by atoms with Gasteiger partial charge in [0, 0.05) is 5.56 Å². The highest BCUT2D eigenvalue weighted by Crippen LogP contribution is 2.31. The number of carboxylic acid groups (broad SMARTS) is 1. The van der Waals surface area contributed by atoms with Gasteiger partial charge in [-0.25, -0.2) is 9.18 Å². The van der Waals surface area contributed by atoms with E-state index in [4.69, 9.17) is 5.11 Å². The third-order valence-electron chi connectivity index (χ3n) is 2.08. The van der Waals surface area contributed by atoms with Crippen molar-refractivity contribution in [1.29, 1.82) is 0 Å². The van der Waals surface area contributed by atoms with Crippen LogP contribution in [0.5, 0.6) is 0 Å². The molecule has 0 saturated carbocycles. The highest BCUT2D eigenvalue weighted by Gasteiger charge is 2.12. The van der Waals surface area contributed by atoms with Gasteiger partial charge in [0.2, 0.25) is 0 Å². The summed E-state index contributed by atoms with van der Waals surface area (Å²) in [7, 11) is 0. The van der Waals surface area contributed by atoms with E-state index in [2.05, 4.69) is 5.32 Å². The Balaban J connectivity index is 2.52. The fourth-order valence-electron chi connectivity index (χ4n) is 1.42. The first kappa shape index (κ1) is 10.6. The van der Waals surface area contributed by atoms with Crippen molar-refractivity contribution in [2.75, 3.05) is 5.32 Å². The van der Waals surface area contributed by atoms with E-state index in [0.29, 0.717) is 5.56 Å². The molecule has 1 aromatic heterocycles. The second-order valence-corrected chi connectivity index (χ2v) is 3.88. The van der Waals surface area contributed by atoms with Crippen molar-refractivity contribution in [2.45, 2.75) is 0 Å². The van der Waals surface area contributed by atoms with Crippen LogP contribution >= 0.6 is 11.3 Å². The molecule has 1 aromatic carbocycles. The lowest BCUT2D eigenvalue weighted by Gasteiger charge is -2.08. The fraction of sp³-hybridized carbons (Fsp3) is 0. The monoisotopic (exact) mass is 237 g/mol.